The van der Waals surface area contributed by atoms with Crippen molar-refractivity contribution in [3.63, 3.8) is 0 Å². The van der Waals surface area contributed by atoms with Crippen molar-refractivity contribution < 1.29 is 29.1 Å². The molecule has 0 radical (unpaired) electrons. The van der Waals surface area contributed by atoms with Crippen LogP contribution < -0.4 is 32.7 Å². The highest BCUT2D eigenvalue weighted by Gasteiger charge is 2.28. The second kappa shape index (κ2) is 16.2. The van der Waals surface area contributed by atoms with Gasteiger partial charge in [0.15, 0.2) is 0 Å². The van der Waals surface area contributed by atoms with Crippen molar-refractivity contribution in [1.29, 1.82) is 0 Å². The van der Waals surface area contributed by atoms with Gasteiger partial charge in [0.1, 0.15) is 18.1 Å². The molecule has 0 aliphatic heterocycles. The SMILES string of the molecule is CC(C)C[C@H](NC(=O)[C@H](Cc1ccccc1)NC(=O)CN)C(=O)NCC(=O)N[C@@H](CCCN)C(=O)O. The molecule has 12 nitrogen and oxygen atoms in total. The zero-order chi connectivity index (χ0) is 27.1. The van der Waals surface area contributed by atoms with Gasteiger partial charge in [-0.25, -0.2) is 4.79 Å². The minimum absolute atomic E-state index is 0.0220. The minimum Gasteiger partial charge on any atom is -0.480 e. The van der Waals surface area contributed by atoms with Crippen molar-refractivity contribution in [2.75, 3.05) is 19.6 Å². The monoisotopic (exact) mass is 506 g/mol. The Hall–Kier alpha value is -3.51. The summed E-state index contributed by atoms with van der Waals surface area (Å²) in [6.45, 7) is 3.25. The molecule has 0 fully saturated rings. The van der Waals surface area contributed by atoms with Gasteiger partial charge >= 0.3 is 5.97 Å². The molecule has 3 atom stereocenters. The van der Waals surface area contributed by atoms with E-state index in [1.807, 2.05) is 32.0 Å². The van der Waals surface area contributed by atoms with Gasteiger partial charge in [0, 0.05) is 6.42 Å². The molecule has 0 aliphatic carbocycles. The number of carboxylic acids is 1. The van der Waals surface area contributed by atoms with Crippen molar-refractivity contribution in [2.45, 2.75) is 57.7 Å². The molecule has 36 heavy (non-hydrogen) atoms. The quantitative estimate of drug-likeness (QED) is 0.142. The molecular weight excluding hydrogens is 468 g/mol. The second-order valence-electron chi connectivity index (χ2n) is 8.81. The molecule has 200 valence electrons. The summed E-state index contributed by atoms with van der Waals surface area (Å²) >= 11 is 0. The number of carbonyl (C=O) groups excluding carboxylic acids is 4. The Morgan fingerprint density at radius 1 is 0.861 bits per heavy atom. The topological polar surface area (TPSA) is 206 Å². The van der Waals surface area contributed by atoms with Crippen LogP contribution in [0.3, 0.4) is 0 Å². The van der Waals surface area contributed by atoms with E-state index < -0.39 is 54.3 Å². The first-order valence-electron chi connectivity index (χ1n) is 11.9. The van der Waals surface area contributed by atoms with Crippen LogP contribution in [0.5, 0.6) is 0 Å². The number of carboxylic acid groups (broad SMARTS) is 1. The lowest BCUT2D eigenvalue weighted by Crippen LogP contribution is -2.56. The van der Waals surface area contributed by atoms with Gasteiger partial charge in [-0.2, -0.15) is 0 Å². The first-order valence-corrected chi connectivity index (χ1v) is 11.9. The largest absolute Gasteiger partial charge is 0.480 e. The fourth-order valence-electron chi connectivity index (χ4n) is 3.40. The molecule has 12 heteroatoms. The smallest absolute Gasteiger partial charge is 0.326 e. The predicted octanol–water partition coefficient (Wildman–Crippen LogP) is -1.37. The average Bonchev–Trinajstić information content (AvgIpc) is 2.84. The van der Waals surface area contributed by atoms with Gasteiger partial charge in [-0.05, 0) is 37.3 Å². The number of hydrogen-bond donors (Lipinski definition) is 7. The molecule has 4 amide bonds. The van der Waals surface area contributed by atoms with Gasteiger partial charge in [0.2, 0.25) is 23.6 Å². The van der Waals surface area contributed by atoms with Crippen molar-refractivity contribution in [3.05, 3.63) is 35.9 Å². The van der Waals surface area contributed by atoms with E-state index in [1.54, 1.807) is 12.1 Å². The summed E-state index contributed by atoms with van der Waals surface area (Å²) in [6, 6.07) is 5.99. The molecule has 0 saturated carbocycles. The van der Waals surface area contributed by atoms with Crippen LogP contribution in [-0.2, 0) is 30.4 Å². The summed E-state index contributed by atoms with van der Waals surface area (Å²) in [6.07, 6.45) is 1.04. The van der Waals surface area contributed by atoms with Crippen LogP contribution in [0.25, 0.3) is 0 Å². The van der Waals surface area contributed by atoms with Gasteiger partial charge in [0.05, 0.1) is 13.1 Å². The number of nitrogens with two attached hydrogens (primary N) is 2. The normalized spacial score (nSPS) is 13.2. The zero-order valence-corrected chi connectivity index (χ0v) is 20.8. The van der Waals surface area contributed by atoms with E-state index in [4.69, 9.17) is 11.5 Å². The molecule has 0 unspecified atom stereocenters. The molecule has 0 heterocycles. The summed E-state index contributed by atoms with van der Waals surface area (Å²) < 4.78 is 0. The van der Waals surface area contributed by atoms with Crippen molar-refractivity contribution >= 4 is 29.6 Å². The van der Waals surface area contributed by atoms with Gasteiger partial charge in [0.25, 0.3) is 0 Å². The number of aliphatic carboxylic acids is 1. The summed E-state index contributed by atoms with van der Waals surface area (Å²) in [5.74, 6) is -3.55. The van der Waals surface area contributed by atoms with E-state index in [2.05, 4.69) is 21.3 Å². The highest BCUT2D eigenvalue weighted by atomic mass is 16.4. The first kappa shape index (κ1) is 30.5. The third kappa shape index (κ3) is 11.8. The van der Waals surface area contributed by atoms with Gasteiger partial charge < -0.3 is 37.8 Å². The van der Waals surface area contributed by atoms with Gasteiger partial charge in [-0.3, -0.25) is 19.2 Å². The van der Waals surface area contributed by atoms with Crippen molar-refractivity contribution in [1.82, 2.24) is 21.3 Å². The number of amides is 4. The van der Waals surface area contributed by atoms with Crippen LogP contribution in [-0.4, -0.2) is 72.5 Å². The molecule has 0 spiro atoms. The summed E-state index contributed by atoms with van der Waals surface area (Å²) in [7, 11) is 0. The maximum absolute atomic E-state index is 13.1. The Bertz CT molecular complexity index is 879. The molecule has 1 rings (SSSR count). The number of benzene rings is 1. The molecule has 1 aromatic rings. The van der Waals surface area contributed by atoms with E-state index in [1.165, 1.54) is 0 Å². The molecule has 0 bridgehead atoms. The Kier molecular flexibility index (Phi) is 13.7. The third-order valence-electron chi connectivity index (χ3n) is 5.21. The highest BCUT2D eigenvalue weighted by molar-refractivity contribution is 5.94. The predicted molar refractivity (Wildman–Crippen MR) is 133 cm³/mol. The number of rotatable bonds is 16. The Labute approximate surface area is 210 Å². The van der Waals surface area contributed by atoms with E-state index in [0.717, 1.165) is 5.56 Å². The van der Waals surface area contributed by atoms with E-state index in [9.17, 15) is 29.1 Å². The lowest BCUT2D eigenvalue weighted by molar-refractivity contribution is -0.142. The molecule has 9 N–H and O–H groups in total. The first-order chi connectivity index (χ1) is 17.1. The number of hydrogen-bond acceptors (Lipinski definition) is 7. The molecule has 0 saturated heterocycles. The Morgan fingerprint density at radius 2 is 1.50 bits per heavy atom. The fraction of sp³-hybridized carbons (Fsp3) is 0.542. The molecule has 0 aliphatic rings. The van der Waals surface area contributed by atoms with Crippen molar-refractivity contribution in [3.8, 4) is 0 Å². The lowest BCUT2D eigenvalue weighted by Gasteiger charge is -2.24. The fourth-order valence-corrected chi connectivity index (χ4v) is 3.40. The van der Waals surface area contributed by atoms with Crippen LogP contribution in [0.4, 0.5) is 0 Å². The van der Waals surface area contributed by atoms with Gasteiger partial charge in [-0.1, -0.05) is 44.2 Å². The summed E-state index contributed by atoms with van der Waals surface area (Å²) in [5.41, 5.74) is 11.6. The van der Waals surface area contributed by atoms with Crippen LogP contribution in [0.15, 0.2) is 30.3 Å². The number of carbonyl (C=O) groups is 5. The standard InChI is InChI=1S/C24H38N6O6/c1-15(2)11-18(22(33)27-14-21(32)28-17(24(35)36)9-6-10-25)30-23(34)19(29-20(31)13-26)12-16-7-4-3-5-8-16/h3-5,7-8,15,17-19H,6,9-14,25-26H2,1-2H3,(H,27,33)(H,28,32)(H,29,31)(H,30,34)(H,35,36)/t17-,18-,19-/m0/s1. The lowest BCUT2D eigenvalue weighted by atomic mass is 10.0. The van der Waals surface area contributed by atoms with Crippen LogP contribution >= 0.6 is 0 Å². The number of nitrogens with one attached hydrogen (secondary N) is 4. The average molecular weight is 507 g/mol. The van der Waals surface area contributed by atoms with E-state index in [-0.39, 0.29) is 38.3 Å². The Morgan fingerprint density at radius 3 is 2.06 bits per heavy atom. The maximum atomic E-state index is 13.1. The van der Waals surface area contributed by atoms with Crippen LogP contribution in [0, 0.1) is 5.92 Å². The van der Waals surface area contributed by atoms with E-state index in [0.29, 0.717) is 6.42 Å². The summed E-state index contributed by atoms with van der Waals surface area (Å²) in [4.78, 5) is 61.3. The second-order valence-corrected chi connectivity index (χ2v) is 8.81. The summed E-state index contributed by atoms with van der Waals surface area (Å²) in [5, 5.41) is 19.2. The van der Waals surface area contributed by atoms with Crippen molar-refractivity contribution in [2.24, 2.45) is 17.4 Å². The molecular formula is C24H38N6O6. The zero-order valence-electron chi connectivity index (χ0n) is 20.8. The third-order valence-corrected chi connectivity index (χ3v) is 5.21. The van der Waals surface area contributed by atoms with Gasteiger partial charge in [-0.15, -0.1) is 0 Å². The molecule has 0 aromatic heterocycles. The highest BCUT2D eigenvalue weighted by Crippen LogP contribution is 2.08. The molecule has 1 aromatic carbocycles. The maximum Gasteiger partial charge on any atom is 0.326 e. The van der Waals surface area contributed by atoms with Crippen LogP contribution in [0.2, 0.25) is 0 Å². The van der Waals surface area contributed by atoms with Crippen LogP contribution in [0.1, 0.15) is 38.7 Å². The minimum atomic E-state index is -1.20. The van der Waals surface area contributed by atoms with E-state index >= 15 is 0 Å². The Balaban J connectivity index is 2.84.